The van der Waals surface area contributed by atoms with Crippen molar-refractivity contribution >= 4 is 43.8 Å². The van der Waals surface area contributed by atoms with Crippen molar-refractivity contribution in [2.24, 2.45) is 0 Å². The number of ether oxygens (including phenoxy) is 2. The van der Waals surface area contributed by atoms with Gasteiger partial charge in [-0.2, -0.15) is 0 Å². The lowest BCUT2D eigenvalue weighted by atomic mass is 10.0. The Hall–Kier alpha value is -0.100. The molecule has 36 heavy (non-hydrogen) atoms. The second-order valence-electron chi connectivity index (χ2n) is 10.2. The number of carbonyl (C=O) groups excluding carboxylic acids is 2. The molecule has 0 aromatic heterocycles. The first-order valence-corrected chi connectivity index (χ1v) is 16.9. The van der Waals surface area contributed by atoms with Crippen LogP contribution in [0.15, 0.2) is 0 Å². The van der Waals surface area contributed by atoms with Crippen molar-refractivity contribution in [3.63, 3.8) is 0 Å². The summed E-state index contributed by atoms with van der Waals surface area (Å²) in [5, 5.41) is 0. The number of esters is 2. The van der Waals surface area contributed by atoms with Gasteiger partial charge in [-0.25, -0.2) is 0 Å². The summed E-state index contributed by atoms with van der Waals surface area (Å²) in [6, 6.07) is 0. The molecule has 0 bridgehead atoms. The van der Waals surface area contributed by atoms with E-state index in [9.17, 15) is 9.59 Å². The Morgan fingerprint density at radius 1 is 0.472 bits per heavy atom. The smallest absolute Gasteiger partial charge is 0.306 e. The summed E-state index contributed by atoms with van der Waals surface area (Å²) in [6.07, 6.45) is 26.1. The SMILES string of the molecule is CCC(Br)CC(=O)OCCCCCCCCCCCCCCCCCCCCOC(=O)CC(Br)CC. The van der Waals surface area contributed by atoms with Crippen molar-refractivity contribution in [1.29, 1.82) is 0 Å². The molecular formula is C30H56Br2O4. The summed E-state index contributed by atoms with van der Waals surface area (Å²) in [5.74, 6) is -0.143. The quantitative estimate of drug-likeness (QED) is 0.0510. The van der Waals surface area contributed by atoms with Gasteiger partial charge in [-0.05, 0) is 25.7 Å². The van der Waals surface area contributed by atoms with E-state index in [1.807, 2.05) is 0 Å². The molecular weight excluding hydrogens is 584 g/mol. The van der Waals surface area contributed by atoms with E-state index in [0.717, 1.165) is 25.7 Å². The number of halogens is 2. The van der Waals surface area contributed by atoms with Gasteiger partial charge in [0.25, 0.3) is 0 Å². The molecule has 0 aromatic carbocycles. The lowest BCUT2D eigenvalue weighted by Gasteiger charge is -2.07. The zero-order valence-electron chi connectivity index (χ0n) is 23.5. The molecule has 2 atom stereocenters. The van der Waals surface area contributed by atoms with E-state index in [1.54, 1.807) is 0 Å². The minimum Gasteiger partial charge on any atom is -0.466 e. The largest absolute Gasteiger partial charge is 0.466 e. The van der Waals surface area contributed by atoms with Gasteiger partial charge in [0, 0.05) is 9.65 Å². The lowest BCUT2D eigenvalue weighted by Crippen LogP contribution is -2.11. The number of hydrogen-bond donors (Lipinski definition) is 0. The van der Waals surface area contributed by atoms with Gasteiger partial charge in [-0.3, -0.25) is 9.59 Å². The number of unbranched alkanes of at least 4 members (excludes halogenated alkanes) is 17. The zero-order chi connectivity index (χ0) is 26.7. The van der Waals surface area contributed by atoms with Crippen molar-refractivity contribution in [2.75, 3.05) is 13.2 Å². The highest BCUT2D eigenvalue weighted by Gasteiger charge is 2.10. The molecule has 0 aromatic rings. The average molecular weight is 641 g/mol. The van der Waals surface area contributed by atoms with Crippen LogP contribution >= 0.6 is 31.9 Å². The minimum atomic E-state index is -0.0714. The van der Waals surface area contributed by atoms with Gasteiger partial charge >= 0.3 is 11.9 Å². The molecule has 0 N–H and O–H groups in total. The fourth-order valence-corrected chi connectivity index (χ4v) is 4.70. The Labute approximate surface area is 240 Å². The van der Waals surface area contributed by atoms with Crippen LogP contribution in [0.4, 0.5) is 0 Å². The van der Waals surface area contributed by atoms with Crippen LogP contribution < -0.4 is 0 Å². The molecule has 0 saturated carbocycles. The molecule has 0 rings (SSSR count). The Kier molecular flexibility index (Phi) is 27.8. The van der Waals surface area contributed by atoms with Crippen LogP contribution in [-0.4, -0.2) is 34.8 Å². The molecule has 0 fully saturated rings. The van der Waals surface area contributed by atoms with Crippen molar-refractivity contribution in [3.8, 4) is 0 Å². The van der Waals surface area contributed by atoms with Crippen LogP contribution in [0.25, 0.3) is 0 Å². The number of rotatable bonds is 27. The first kappa shape index (κ1) is 35.9. The summed E-state index contributed by atoms with van der Waals surface area (Å²) in [7, 11) is 0. The van der Waals surface area contributed by atoms with Crippen LogP contribution in [0.2, 0.25) is 0 Å². The molecule has 0 aliphatic carbocycles. The molecule has 2 unspecified atom stereocenters. The second kappa shape index (κ2) is 27.9. The number of hydrogen-bond acceptors (Lipinski definition) is 4. The topological polar surface area (TPSA) is 52.6 Å². The first-order chi connectivity index (χ1) is 17.5. The zero-order valence-corrected chi connectivity index (χ0v) is 26.7. The van der Waals surface area contributed by atoms with Gasteiger partial charge in [0.1, 0.15) is 0 Å². The minimum absolute atomic E-state index is 0.0714. The van der Waals surface area contributed by atoms with Crippen LogP contribution in [0.5, 0.6) is 0 Å². The monoisotopic (exact) mass is 638 g/mol. The van der Waals surface area contributed by atoms with Crippen molar-refractivity contribution in [2.45, 2.75) is 165 Å². The lowest BCUT2D eigenvalue weighted by molar-refractivity contribution is -0.144. The molecule has 0 amide bonds. The van der Waals surface area contributed by atoms with Gasteiger partial charge in [-0.15, -0.1) is 0 Å². The molecule has 0 aliphatic rings. The van der Waals surface area contributed by atoms with Crippen LogP contribution in [-0.2, 0) is 19.1 Å². The van der Waals surface area contributed by atoms with Gasteiger partial charge in [0.05, 0.1) is 26.1 Å². The highest BCUT2D eigenvalue weighted by Crippen LogP contribution is 2.15. The molecule has 0 spiro atoms. The molecule has 0 radical (unpaired) electrons. The van der Waals surface area contributed by atoms with Crippen molar-refractivity contribution < 1.29 is 19.1 Å². The Balaban J connectivity index is 3.17. The predicted molar refractivity (Wildman–Crippen MR) is 160 cm³/mol. The van der Waals surface area contributed by atoms with Crippen LogP contribution in [0.1, 0.15) is 155 Å². The maximum absolute atomic E-state index is 11.6. The fourth-order valence-electron chi connectivity index (χ4n) is 4.17. The Morgan fingerprint density at radius 2 is 0.694 bits per heavy atom. The third-order valence-electron chi connectivity index (χ3n) is 6.73. The van der Waals surface area contributed by atoms with E-state index < -0.39 is 0 Å². The molecule has 0 saturated heterocycles. The predicted octanol–water partition coefficient (Wildman–Crippen LogP) is 10.2. The van der Waals surface area contributed by atoms with Crippen molar-refractivity contribution in [3.05, 3.63) is 0 Å². The van der Waals surface area contributed by atoms with Gasteiger partial charge in [-0.1, -0.05) is 148 Å². The van der Waals surface area contributed by atoms with E-state index in [0.29, 0.717) is 26.1 Å². The van der Waals surface area contributed by atoms with E-state index in [-0.39, 0.29) is 21.6 Å². The van der Waals surface area contributed by atoms with Gasteiger partial charge in [0.15, 0.2) is 0 Å². The van der Waals surface area contributed by atoms with Crippen LogP contribution in [0.3, 0.4) is 0 Å². The summed E-state index contributed by atoms with van der Waals surface area (Å²) < 4.78 is 10.6. The average Bonchev–Trinajstić information content (AvgIpc) is 2.86. The first-order valence-electron chi connectivity index (χ1n) is 15.1. The standard InChI is InChI=1S/C30H56Br2O4/c1-3-27(31)25-29(33)35-23-21-19-17-15-13-11-9-7-5-6-8-10-12-14-16-18-20-22-24-36-30(34)26-28(32)4-2/h27-28H,3-26H2,1-2H3. The molecule has 0 aliphatic heterocycles. The second-order valence-corrected chi connectivity index (χ2v) is 12.8. The third-order valence-corrected chi connectivity index (χ3v) is 8.67. The molecule has 6 heteroatoms. The molecule has 214 valence electrons. The van der Waals surface area contributed by atoms with Crippen molar-refractivity contribution in [1.82, 2.24) is 0 Å². The number of alkyl halides is 2. The van der Waals surface area contributed by atoms with Gasteiger partial charge in [0.2, 0.25) is 0 Å². The highest BCUT2D eigenvalue weighted by atomic mass is 79.9. The van der Waals surface area contributed by atoms with E-state index in [1.165, 1.54) is 103 Å². The molecule has 4 nitrogen and oxygen atoms in total. The summed E-state index contributed by atoms with van der Waals surface area (Å²) in [5.41, 5.74) is 0. The fraction of sp³-hybridized carbons (Fsp3) is 0.933. The van der Waals surface area contributed by atoms with E-state index in [2.05, 4.69) is 45.7 Å². The summed E-state index contributed by atoms with van der Waals surface area (Å²) in [6.45, 7) is 5.30. The van der Waals surface area contributed by atoms with E-state index >= 15 is 0 Å². The summed E-state index contributed by atoms with van der Waals surface area (Å²) >= 11 is 6.95. The molecule has 0 heterocycles. The van der Waals surface area contributed by atoms with E-state index in [4.69, 9.17) is 9.47 Å². The maximum Gasteiger partial charge on any atom is 0.306 e. The Bertz CT molecular complexity index is 457. The summed E-state index contributed by atoms with van der Waals surface area (Å²) in [4.78, 5) is 23.7. The third kappa shape index (κ3) is 26.9. The Morgan fingerprint density at radius 3 is 0.917 bits per heavy atom. The highest BCUT2D eigenvalue weighted by molar-refractivity contribution is 9.09. The van der Waals surface area contributed by atoms with Gasteiger partial charge < -0.3 is 9.47 Å². The number of carbonyl (C=O) groups is 2. The normalized spacial score (nSPS) is 12.9. The maximum atomic E-state index is 11.6. The van der Waals surface area contributed by atoms with Crippen LogP contribution in [0, 0.1) is 0 Å².